The number of nitrogens with one attached hydrogen (secondary N) is 1. The first-order chi connectivity index (χ1) is 6.72. The molecule has 0 spiro atoms. The molecule has 0 fully saturated rings. The average molecular weight is 252 g/mol. The highest BCUT2D eigenvalue weighted by atomic mass is 79.9. The molecule has 0 radical (unpaired) electrons. The Bertz CT molecular complexity index is 487. The minimum Gasteiger partial charge on any atom is -0.360 e. The molecule has 0 atom stereocenters. The van der Waals surface area contributed by atoms with Crippen LogP contribution in [-0.4, -0.2) is 10.8 Å². The number of hydrogen-bond acceptors (Lipinski definition) is 1. The van der Waals surface area contributed by atoms with E-state index >= 15 is 0 Å². The van der Waals surface area contributed by atoms with Crippen LogP contribution in [0.2, 0.25) is 0 Å². The van der Waals surface area contributed by atoms with Gasteiger partial charge >= 0.3 is 0 Å². The fraction of sp³-hybridized carbons (Fsp3) is 0.182. The van der Waals surface area contributed by atoms with E-state index in [4.69, 9.17) is 0 Å². The van der Waals surface area contributed by atoms with Crippen LogP contribution >= 0.6 is 15.9 Å². The van der Waals surface area contributed by atoms with E-state index in [0.717, 1.165) is 20.9 Å². The van der Waals surface area contributed by atoms with E-state index in [0.29, 0.717) is 6.42 Å². The third kappa shape index (κ3) is 1.48. The molecule has 0 aliphatic rings. The predicted octanol–water partition coefficient (Wildman–Crippen LogP) is 3.52. The number of carbonyl (C=O) groups is 1. The number of H-pyrrole nitrogens is 1. The van der Waals surface area contributed by atoms with Crippen molar-refractivity contribution >= 4 is 32.6 Å². The lowest BCUT2D eigenvalue weighted by atomic mass is 10.1. The van der Waals surface area contributed by atoms with Crippen molar-refractivity contribution in [2.24, 2.45) is 0 Å². The lowest BCUT2D eigenvalue weighted by Crippen LogP contribution is -1.93. The number of Topliss-reactive ketones (excluding diaryl/α,β-unsaturated/α-hetero) is 1. The summed E-state index contributed by atoms with van der Waals surface area (Å²) in [4.78, 5) is 14.6. The van der Waals surface area contributed by atoms with Crippen LogP contribution < -0.4 is 0 Å². The zero-order valence-corrected chi connectivity index (χ0v) is 9.39. The number of aromatic nitrogens is 1. The van der Waals surface area contributed by atoms with Crippen molar-refractivity contribution in [1.82, 2.24) is 4.98 Å². The molecular weight excluding hydrogens is 242 g/mol. The Morgan fingerprint density at radius 3 is 3.00 bits per heavy atom. The van der Waals surface area contributed by atoms with Gasteiger partial charge in [-0.1, -0.05) is 28.9 Å². The second kappa shape index (κ2) is 3.58. The van der Waals surface area contributed by atoms with Crippen molar-refractivity contribution in [2.75, 3.05) is 0 Å². The fourth-order valence-corrected chi connectivity index (χ4v) is 1.88. The molecule has 1 aromatic carbocycles. The SMILES string of the molecule is CCC(=O)c1c[nH]c2cc(Br)ccc12. The minimum atomic E-state index is 0.179. The number of hydrogen-bond donors (Lipinski definition) is 1. The Labute approximate surface area is 90.4 Å². The summed E-state index contributed by atoms with van der Waals surface area (Å²) in [5.41, 5.74) is 1.78. The van der Waals surface area contributed by atoms with Gasteiger partial charge in [0.2, 0.25) is 0 Å². The first-order valence-electron chi connectivity index (χ1n) is 4.52. The van der Waals surface area contributed by atoms with Gasteiger partial charge in [-0.15, -0.1) is 0 Å². The Morgan fingerprint density at radius 1 is 1.50 bits per heavy atom. The van der Waals surface area contributed by atoms with Gasteiger partial charge in [-0.25, -0.2) is 0 Å². The van der Waals surface area contributed by atoms with Crippen molar-refractivity contribution in [3.05, 3.63) is 34.4 Å². The quantitative estimate of drug-likeness (QED) is 0.815. The molecule has 0 saturated heterocycles. The summed E-state index contributed by atoms with van der Waals surface area (Å²) in [5.74, 6) is 0.179. The van der Waals surface area contributed by atoms with E-state index in [1.54, 1.807) is 6.20 Å². The van der Waals surface area contributed by atoms with Crippen LogP contribution in [0.4, 0.5) is 0 Å². The summed E-state index contributed by atoms with van der Waals surface area (Å²) in [6.45, 7) is 1.88. The maximum Gasteiger partial charge on any atom is 0.164 e. The summed E-state index contributed by atoms with van der Waals surface area (Å²) < 4.78 is 1.02. The lowest BCUT2D eigenvalue weighted by Gasteiger charge is -1.95. The molecule has 1 aromatic heterocycles. The molecule has 0 saturated carbocycles. The summed E-state index contributed by atoms with van der Waals surface area (Å²) in [6, 6.07) is 5.88. The maximum atomic E-state index is 11.5. The number of aromatic amines is 1. The van der Waals surface area contributed by atoms with Crippen molar-refractivity contribution in [3.8, 4) is 0 Å². The average Bonchev–Trinajstić information content (AvgIpc) is 2.59. The van der Waals surface area contributed by atoms with Crippen LogP contribution in [0.25, 0.3) is 10.9 Å². The van der Waals surface area contributed by atoms with E-state index in [-0.39, 0.29) is 5.78 Å². The van der Waals surface area contributed by atoms with Crippen molar-refractivity contribution < 1.29 is 4.79 Å². The van der Waals surface area contributed by atoms with Crippen LogP contribution in [0, 0.1) is 0 Å². The molecule has 0 bridgehead atoms. The van der Waals surface area contributed by atoms with Gasteiger partial charge in [0, 0.05) is 33.6 Å². The second-order valence-corrected chi connectivity index (χ2v) is 4.08. The van der Waals surface area contributed by atoms with Crippen LogP contribution in [0.5, 0.6) is 0 Å². The molecule has 0 unspecified atom stereocenters. The number of rotatable bonds is 2. The van der Waals surface area contributed by atoms with Crippen LogP contribution in [0.1, 0.15) is 23.7 Å². The van der Waals surface area contributed by atoms with Gasteiger partial charge in [0.05, 0.1) is 0 Å². The second-order valence-electron chi connectivity index (χ2n) is 3.17. The number of ketones is 1. The van der Waals surface area contributed by atoms with E-state index in [2.05, 4.69) is 20.9 Å². The summed E-state index contributed by atoms with van der Waals surface area (Å²) in [5, 5.41) is 1.00. The van der Waals surface area contributed by atoms with Crippen LogP contribution in [0.3, 0.4) is 0 Å². The lowest BCUT2D eigenvalue weighted by molar-refractivity contribution is 0.0990. The maximum absolute atomic E-state index is 11.5. The van der Waals surface area contributed by atoms with E-state index in [9.17, 15) is 4.79 Å². The first-order valence-corrected chi connectivity index (χ1v) is 5.31. The molecule has 3 heteroatoms. The minimum absolute atomic E-state index is 0.179. The Morgan fingerprint density at radius 2 is 2.29 bits per heavy atom. The smallest absolute Gasteiger partial charge is 0.164 e. The molecule has 72 valence electrons. The van der Waals surface area contributed by atoms with E-state index in [1.807, 2.05) is 25.1 Å². The van der Waals surface area contributed by atoms with Gasteiger partial charge in [0.1, 0.15) is 0 Å². The molecule has 1 N–H and O–H groups in total. The Hall–Kier alpha value is -1.09. The zero-order valence-electron chi connectivity index (χ0n) is 7.80. The van der Waals surface area contributed by atoms with Gasteiger partial charge in [0.25, 0.3) is 0 Å². The van der Waals surface area contributed by atoms with Gasteiger partial charge in [-0.05, 0) is 12.1 Å². The van der Waals surface area contributed by atoms with Gasteiger partial charge in [0.15, 0.2) is 5.78 Å². The molecule has 14 heavy (non-hydrogen) atoms. The van der Waals surface area contributed by atoms with Crippen molar-refractivity contribution in [1.29, 1.82) is 0 Å². The molecule has 0 amide bonds. The Balaban J connectivity index is 2.64. The number of fused-ring (bicyclic) bond motifs is 1. The number of halogens is 1. The van der Waals surface area contributed by atoms with Crippen molar-refractivity contribution in [3.63, 3.8) is 0 Å². The predicted molar refractivity (Wildman–Crippen MR) is 60.6 cm³/mol. The third-order valence-corrected chi connectivity index (χ3v) is 2.76. The molecular formula is C11H10BrNO. The van der Waals surface area contributed by atoms with Gasteiger partial charge < -0.3 is 4.98 Å². The van der Waals surface area contributed by atoms with Crippen LogP contribution in [-0.2, 0) is 0 Å². The molecule has 0 aliphatic heterocycles. The van der Waals surface area contributed by atoms with Gasteiger partial charge in [-0.3, -0.25) is 4.79 Å². The zero-order chi connectivity index (χ0) is 10.1. The summed E-state index contributed by atoms with van der Waals surface area (Å²) >= 11 is 3.39. The summed E-state index contributed by atoms with van der Waals surface area (Å²) in [6.07, 6.45) is 2.33. The largest absolute Gasteiger partial charge is 0.360 e. The monoisotopic (exact) mass is 251 g/mol. The highest BCUT2D eigenvalue weighted by Gasteiger charge is 2.09. The molecule has 2 nitrogen and oxygen atoms in total. The third-order valence-electron chi connectivity index (χ3n) is 2.27. The first kappa shape index (κ1) is 9.46. The number of benzene rings is 1. The highest BCUT2D eigenvalue weighted by Crippen LogP contribution is 2.23. The number of carbonyl (C=O) groups excluding carboxylic acids is 1. The standard InChI is InChI=1S/C11H10BrNO/c1-2-11(14)9-6-13-10-5-7(12)3-4-8(9)10/h3-6,13H,2H2,1H3. The van der Waals surface area contributed by atoms with E-state index in [1.165, 1.54) is 0 Å². The summed E-state index contributed by atoms with van der Waals surface area (Å²) in [7, 11) is 0. The molecule has 1 heterocycles. The molecule has 2 rings (SSSR count). The van der Waals surface area contributed by atoms with E-state index < -0.39 is 0 Å². The topological polar surface area (TPSA) is 32.9 Å². The van der Waals surface area contributed by atoms with Crippen molar-refractivity contribution in [2.45, 2.75) is 13.3 Å². The molecule has 0 aliphatic carbocycles. The van der Waals surface area contributed by atoms with Gasteiger partial charge in [-0.2, -0.15) is 0 Å². The van der Waals surface area contributed by atoms with Crippen LogP contribution in [0.15, 0.2) is 28.9 Å². The highest BCUT2D eigenvalue weighted by molar-refractivity contribution is 9.10. The molecule has 2 aromatic rings. The fourth-order valence-electron chi connectivity index (χ4n) is 1.52. The normalized spacial score (nSPS) is 10.7. The Kier molecular flexibility index (Phi) is 2.42.